The zero-order valence-electron chi connectivity index (χ0n) is 19.3. The third-order valence-electron chi connectivity index (χ3n) is 4.94. The van der Waals surface area contributed by atoms with Crippen LogP contribution >= 0.6 is 0 Å². The maximum absolute atomic E-state index is 11.9. The van der Waals surface area contributed by atoms with Crippen molar-refractivity contribution in [2.45, 2.75) is 44.9 Å². The van der Waals surface area contributed by atoms with Crippen LogP contribution in [0.1, 0.15) is 38.5 Å². The van der Waals surface area contributed by atoms with Crippen molar-refractivity contribution < 1.29 is 27.5 Å². The van der Waals surface area contributed by atoms with Gasteiger partial charge in [-0.05, 0) is 37.8 Å². The van der Waals surface area contributed by atoms with Gasteiger partial charge in [0.05, 0.1) is 12.2 Å². The minimum atomic E-state index is -4.77. The molecular weight excluding hydrogens is 465 g/mol. The highest BCUT2D eigenvalue weighted by Gasteiger charge is 2.31. The zero-order valence-corrected chi connectivity index (χ0v) is 19.3. The largest absolute Gasteiger partial charge is 0.573 e. The molecule has 0 atom stereocenters. The molecule has 0 unspecified atom stereocenters. The number of nitrogens with zero attached hydrogens (tertiary/aromatic N) is 4. The molecule has 2 heterocycles. The van der Waals surface area contributed by atoms with Gasteiger partial charge >= 0.3 is 6.36 Å². The molecule has 2 aliphatic rings. The number of aliphatic imine (C=N–C) groups is 1. The standard InChI is InChI=1S/C12H20N2O2.C9H7F3N4O.C2H2/c15-11-6-2-1-3-9-14(11)10-12(16)13-7-4-5-8-13;10-9(11,12)17-7-3-1-2-6(4-7)16-8(14)15-5-13;1-2/h1-10H2;1-4H,(H3,14,15,16);1-2H. The van der Waals surface area contributed by atoms with E-state index >= 15 is 0 Å². The number of alkyl halides is 3. The second-order valence-corrected chi connectivity index (χ2v) is 7.49. The molecule has 2 amide bonds. The Labute approximate surface area is 202 Å². The first-order valence-electron chi connectivity index (χ1n) is 10.9. The Morgan fingerprint density at radius 1 is 1.17 bits per heavy atom. The van der Waals surface area contributed by atoms with Crippen molar-refractivity contribution in [2.24, 2.45) is 10.7 Å². The number of terminal acetylenes is 1. The molecule has 1 aromatic rings. The lowest BCUT2D eigenvalue weighted by molar-refractivity contribution is -0.274. The molecule has 2 aliphatic heterocycles. The number of nitrogens with two attached hydrogens (primary N) is 1. The number of benzene rings is 1. The number of halogens is 3. The molecule has 2 saturated heterocycles. The zero-order chi connectivity index (χ0) is 26.3. The summed E-state index contributed by atoms with van der Waals surface area (Å²) < 4.78 is 39.4. The first-order chi connectivity index (χ1) is 16.7. The number of likely N-dealkylation sites (tertiary alicyclic amines) is 2. The molecular formula is C23H29F3N6O3. The molecule has 0 aliphatic carbocycles. The number of ether oxygens (including phenoxy) is 1. The van der Waals surface area contributed by atoms with Gasteiger partial charge in [0.2, 0.25) is 17.8 Å². The average molecular weight is 495 g/mol. The highest BCUT2D eigenvalue weighted by atomic mass is 19.4. The Kier molecular flexibility index (Phi) is 12.5. The second-order valence-electron chi connectivity index (χ2n) is 7.49. The molecule has 9 nitrogen and oxygen atoms in total. The molecule has 0 radical (unpaired) electrons. The number of carbonyl (C=O) groups excluding carboxylic acids is 2. The SMILES string of the molecule is C#C.N#CNC(N)=Nc1cccc(OC(F)(F)F)c1.O=C(CN1CCCCCC1=O)N1CCCC1. The van der Waals surface area contributed by atoms with E-state index in [1.165, 1.54) is 18.3 Å². The van der Waals surface area contributed by atoms with Crippen LogP contribution in [0.2, 0.25) is 0 Å². The highest BCUT2D eigenvalue weighted by molar-refractivity contribution is 5.85. The number of amides is 2. The fraction of sp³-hybridized carbons (Fsp3) is 0.478. The molecule has 0 aromatic heterocycles. The van der Waals surface area contributed by atoms with Crippen molar-refractivity contribution in [2.75, 3.05) is 26.2 Å². The first kappa shape index (κ1) is 29.1. The summed E-state index contributed by atoms with van der Waals surface area (Å²) in [6.45, 7) is 2.82. The number of nitrogens with one attached hydrogen (secondary N) is 1. The monoisotopic (exact) mass is 494 g/mol. The molecule has 0 bridgehead atoms. The van der Waals surface area contributed by atoms with Gasteiger partial charge in [0, 0.05) is 32.1 Å². The maximum atomic E-state index is 11.9. The molecule has 190 valence electrons. The van der Waals surface area contributed by atoms with Crippen molar-refractivity contribution in [3.63, 3.8) is 0 Å². The minimum Gasteiger partial charge on any atom is -0.406 e. The van der Waals surface area contributed by atoms with E-state index in [-0.39, 0.29) is 23.5 Å². The van der Waals surface area contributed by atoms with Crippen LogP contribution in [0.25, 0.3) is 0 Å². The van der Waals surface area contributed by atoms with E-state index in [0.29, 0.717) is 13.0 Å². The molecule has 3 rings (SSSR count). The van der Waals surface area contributed by atoms with Crippen LogP contribution in [-0.4, -0.2) is 60.1 Å². The molecule has 2 fully saturated rings. The summed E-state index contributed by atoms with van der Waals surface area (Å²) in [6, 6.07) is 4.90. The molecule has 3 N–H and O–H groups in total. The summed E-state index contributed by atoms with van der Waals surface area (Å²) in [4.78, 5) is 30.9. The van der Waals surface area contributed by atoms with E-state index in [1.807, 2.05) is 10.2 Å². The fourth-order valence-corrected chi connectivity index (χ4v) is 3.41. The van der Waals surface area contributed by atoms with Crippen molar-refractivity contribution in [3.8, 4) is 24.8 Å². The summed E-state index contributed by atoms with van der Waals surface area (Å²) in [5.41, 5.74) is 5.38. The van der Waals surface area contributed by atoms with E-state index in [9.17, 15) is 22.8 Å². The Hall–Kier alpha value is -3.93. The summed E-state index contributed by atoms with van der Waals surface area (Å²) >= 11 is 0. The van der Waals surface area contributed by atoms with Gasteiger partial charge in [-0.25, -0.2) is 4.99 Å². The smallest absolute Gasteiger partial charge is 0.406 e. The van der Waals surface area contributed by atoms with Gasteiger partial charge in [0.1, 0.15) is 5.75 Å². The van der Waals surface area contributed by atoms with Crippen LogP contribution in [0, 0.1) is 24.3 Å². The van der Waals surface area contributed by atoms with Crippen molar-refractivity contribution in [3.05, 3.63) is 24.3 Å². The van der Waals surface area contributed by atoms with Crippen molar-refractivity contribution in [1.29, 1.82) is 5.26 Å². The lowest BCUT2D eigenvalue weighted by Gasteiger charge is -2.23. The van der Waals surface area contributed by atoms with Crippen LogP contribution < -0.4 is 15.8 Å². The quantitative estimate of drug-likeness (QED) is 0.218. The van der Waals surface area contributed by atoms with E-state index in [4.69, 9.17) is 11.0 Å². The van der Waals surface area contributed by atoms with Crippen molar-refractivity contribution >= 4 is 23.5 Å². The third kappa shape index (κ3) is 11.7. The van der Waals surface area contributed by atoms with Gasteiger partial charge in [-0.3, -0.25) is 14.9 Å². The van der Waals surface area contributed by atoms with Gasteiger partial charge in [-0.1, -0.05) is 12.5 Å². The maximum Gasteiger partial charge on any atom is 0.573 e. The number of hydrogen-bond acceptors (Lipinski definition) is 5. The van der Waals surface area contributed by atoms with Gasteiger partial charge in [-0.15, -0.1) is 26.0 Å². The fourth-order valence-electron chi connectivity index (χ4n) is 3.41. The normalized spacial score (nSPS) is 16.0. The van der Waals surface area contributed by atoms with E-state index in [0.717, 1.165) is 63.9 Å². The number of hydrogen-bond donors (Lipinski definition) is 2. The first-order valence-corrected chi connectivity index (χ1v) is 10.9. The van der Waals surface area contributed by atoms with E-state index in [2.05, 4.69) is 22.6 Å². The van der Waals surface area contributed by atoms with E-state index in [1.54, 1.807) is 4.90 Å². The minimum absolute atomic E-state index is 0.131. The Morgan fingerprint density at radius 3 is 2.46 bits per heavy atom. The summed E-state index contributed by atoms with van der Waals surface area (Å²) in [5.74, 6) is -0.349. The lowest BCUT2D eigenvalue weighted by atomic mass is 10.2. The molecule has 1 aromatic carbocycles. The molecule has 35 heavy (non-hydrogen) atoms. The second kappa shape index (κ2) is 15.1. The summed E-state index contributed by atoms with van der Waals surface area (Å²) in [6.07, 6.45) is 10.7. The Balaban J connectivity index is 0.000000327. The van der Waals surface area contributed by atoms with Crippen LogP contribution in [0.3, 0.4) is 0 Å². The summed E-state index contributed by atoms with van der Waals surface area (Å²) in [5, 5.41) is 10.3. The van der Waals surface area contributed by atoms with Gasteiger partial charge < -0.3 is 20.3 Å². The van der Waals surface area contributed by atoms with Crippen LogP contribution in [0.15, 0.2) is 29.3 Å². The molecule has 12 heteroatoms. The lowest BCUT2D eigenvalue weighted by Crippen LogP contribution is -2.41. The van der Waals surface area contributed by atoms with Crippen LogP contribution in [0.5, 0.6) is 5.75 Å². The number of carbonyl (C=O) groups is 2. The molecule has 0 spiro atoms. The predicted octanol–water partition coefficient (Wildman–Crippen LogP) is 2.86. The van der Waals surface area contributed by atoms with Gasteiger partial charge in [0.15, 0.2) is 6.19 Å². The summed E-state index contributed by atoms with van der Waals surface area (Å²) in [7, 11) is 0. The third-order valence-corrected chi connectivity index (χ3v) is 4.94. The van der Waals surface area contributed by atoms with Crippen LogP contribution in [-0.2, 0) is 9.59 Å². The number of guanidine groups is 1. The predicted molar refractivity (Wildman–Crippen MR) is 124 cm³/mol. The van der Waals surface area contributed by atoms with Gasteiger partial charge in [0.25, 0.3) is 0 Å². The Morgan fingerprint density at radius 2 is 1.83 bits per heavy atom. The van der Waals surface area contributed by atoms with Gasteiger partial charge in [-0.2, -0.15) is 5.26 Å². The number of rotatable bonds is 4. The van der Waals surface area contributed by atoms with Crippen molar-refractivity contribution in [1.82, 2.24) is 15.1 Å². The number of nitriles is 1. The van der Waals surface area contributed by atoms with E-state index < -0.39 is 12.1 Å². The topological polar surface area (TPSA) is 124 Å². The van der Waals surface area contributed by atoms with Crippen LogP contribution in [0.4, 0.5) is 18.9 Å². The highest BCUT2D eigenvalue weighted by Crippen LogP contribution is 2.26. The molecule has 0 saturated carbocycles. The Bertz CT molecular complexity index is 921. The average Bonchev–Trinajstić information content (AvgIpc) is 3.27.